The average molecular weight is 216 g/mol. The summed E-state index contributed by atoms with van der Waals surface area (Å²) in [6.07, 6.45) is 1.88. The van der Waals surface area contributed by atoms with Crippen LogP contribution in [0.25, 0.3) is 5.69 Å². The van der Waals surface area contributed by atoms with Crippen molar-refractivity contribution in [1.29, 1.82) is 0 Å². The summed E-state index contributed by atoms with van der Waals surface area (Å²) in [7, 11) is 0. The Kier molecular flexibility index (Phi) is 2.75. The summed E-state index contributed by atoms with van der Waals surface area (Å²) in [6, 6.07) is 6.05. The molecule has 4 nitrogen and oxygen atoms in total. The van der Waals surface area contributed by atoms with Crippen LogP contribution in [0.15, 0.2) is 24.4 Å². The van der Waals surface area contributed by atoms with Gasteiger partial charge in [-0.05, 0) is 38.0 Å². The summed E-state index contributed by atoms with van der Waals surface area (Å²) in [5.41, 5.74) is 10.1. The van der Waals surface area contributed by atoms with Crippen LogP contribution in [-0.4, -0.2) is 15.0 Å². The molecule has 1 atom stereocenters. The number of benzene rings is 1. The zero-order chi connectivity index (χ0) is 11.7. The van der Waals surface area contributed by atoms with Gasteiger partial charge in [-0.25, -0.2) is 4.68 Å². The van der Waals surface area contributed by atoms with E-state index in [-0.39, 0.29) is 6.04 Å². The van der Waals surface area contributed by atoms with Gasteiger partial charge in [0.15, 0.2) is 0 Å². The summed E-state index contributed by atoms with van der Waals surface area (Å²) >= 11 is 0. The van der Waals surface area contributed by atoms with Crippen LogP contribution in [0.2, 0.25) is 0 Å². The maximum atomic E-state index is 5.76. The quantitative estimate of drug-likeness (QED) is 0.834. The molecule has 0 saturated carbocycles. The molecular weight excluding hydrogens is 200 g/mol. The highest BCUT2D eigenvalue weighted by Gasteiger charge is 2.08. The molecule has 0 bridgehead atoms. The first-order valence-electron chi connectivity index (χ1n) is 5.34. The van der Waals surface area contributed by atoms with E-state index in [1.165, 1.54) is 11.1 Å². The summed E-state index contributed by atoms with van der Waals surface area (Å²) in [6.45, 7) is 6.07. The summed E-state index contributed by atoms with van der Waals surface area (Å²) < 4.78 is 1.78. The Bertz CT molecular complexity index is 499. The van der Waals surface area contributed by atoms with E-state index in [2.05, 4.69) is 30.2 Å². The molecule has 0 spiro atoms. The first-order valence-corrected chi connectivity index (χ1v) is 5.34. The van der Waals surface area contributed by atoms with E-state index in [0.29, 0.717) is 0 Å². The minimum Gasteiger partial charge on any atom is -0.323 e. The van der Waals surface area contributed by atoms with Crippen molar-refractivity contribution in [1.82, 2.24) is 15.0 Å². The Morgan fingerprint density at radius 3 is 2.69 bits per heavy atom. The van der Waals surface area contributed by atoms with Crippen LogP contribution in [0.4, 0.5) is 0 Å². The minimum atomic E-state index is -0.0844. The zero-order valence-electron chi connectivity index (χ0n) is 9.81. The Morgan fingerprint density at radius 1 is 1.31 bits per heavy atom. The first kappa shape index (κ1) is 10.8. The smallest absolute Gasteiger partial charge is 0.0995 e. The largest absolute Gasteiger partial charge is 0.323 e. The molecule has 16 heavy (non-hydrogen) atoms. The number of nitrogens with zero attached hydrogens (tertiary/aromatic N) is 3. The van der Waals surface area contributed by atoms with Gasteiger partial charge in [-0.2, -0.15) is 0 Å². The second kappa shape index (κ2) is 4.06. The van der Waals surface area contributed by atoms with Crippen molar-refractivity contribution in [3.8, 4) is 5.69 Å². The second-order valence-electron chi connectivity index (χ2n) is 4.10. The van der Waals surface area contributed by atoms with Crippen LogP contribution in [-0.2, 0) is 0 Å². The lowest BCUT2D eigenvalue weighted by atomic mass is 10.1. The van der Waals surface area contributed by atoms with Gasteiger partial charge in [-0.1, -0.05) is 17.3 Å². The van der Waals surface area contributed by atoms with Crippen molar-refractivity contribution in [3.05, 3.63) is 41.2 Å². The van der Waals surface area contributed by atoms with E-state index in [1.807, 2.05) is 25.3 Å². The van der Waals surface area contributed by atoms with E-state index < -0.39 is 0 Å². The molecule has 0 aliphatic rings. The molecule has 84 valence electrons. The van der Waals surface area contributed by atoms with E-state index in [4.69, 9.17) is 5.73 Å². The molecule has 2 rings (SSSR count). The number of nitrogens with two attached hydrogens (primary N) is 1. The highest BCUT2D eigenvalue weighted by Crippen LogP contribution is 2.17. The molecule has 0 aliphatic heterocycles. The maximum Gasteiger partial charge on any atom is 0.0995 e. The number of aryl methyl sites for hydroxylation is 1. The third-order valence-corrected chi connectivity index (χ3v) is 2.80. The molecule has 1 aromatic heterocycles. The molecule has 1 heterocycles. The predicted molar refractivity (Wildman–Crippen MR) is 63.4 cm³/mol. The van der Waals surface area contributed by atoms with Crippen LogP contribution in [0.5, 0.6) is 0 Å². The fourth-order valence-corrected chi connectivity index (χ4v) is 1.59. The third-order valence-electron chi connectivity index (χ3n) is 2.80. The molecule has 4 heteroatoms. The molecule has 2 N–H and O–H groups in total. The molecule has 1 unspecified atom stereocenters. The SMILES string of the molecule is Cc1cccc(-n2cc(C(C)N)nn2)c1C. The van der Waals surface area contributed by atoms with Gasteiger partial charge >= 0.3 is 0 Å². The average Bonchev–Trinajstić information content (AvgIpc) is 2.71. The van der Waals surface area contributed by atoms with Crippen molar-refractivity contribution < 1.29 is 0 Å². The van der Waals surface area contributed by atoms with Gasteiger partial charge in [0, 0.05) is 6.04 Å². The molecule has 1 aromatic carbocycles. The number of hydrogen-bond donors (Lipinski definition) is 1. The fourth-order valence-electron chi connectivity index (χ4n) is 1.59. The number of hydrogen-bond acceptors (Lipinski definition) is 3. The number of rotatable bonds is 2. The Balaban J connectivity index is 2.47. The van der Waals surface area contributed by atoms with Crippen molar-refractivity contribution in [2.24, 2.45) is 5.73 Å². The highest BCUT2D eigenvalue weighted by atomic mass is 15.4. The topological polar surface area (TPSA) is 56.7 Å². The third kappa shape index (κ3) is 1.84. The van der Waals surface area contributed by atoms with E-state index in [0.717, 1.165) is 11.4 Å². The Hall–Kier alpha value is -1.68. The van der Waals surface area contributed by atoms with Crippen LogP contribution in [0, 0.1) is 13.8 Å². The first-order chi connectivity index (χ1) is 7.59. The monoisotopic (exact) mass is 216 g/mol. The lowest BCUT2D eigenvalue weighted by molar-refractivity contribution is 0.755. The normalized spacial score (nSPS) is 12.8. The highest BCUT2D eigenvalue weighted by molar-refractivity contribution is 5.43. The molecule has 0 fully saturated rings. The van der Waals surface area contributed by atoms with E-state index in [1.54, 1.807) is 4.68 Å². The molecule has 0 aliphatic carbocycles. The maximum absolute atomic E-state index is 5.76. The van der Waals surface area contributed by atoms with Crippen LogP contribution in [0.3, 0.4) is 0 Å². The summed E-state index contributed by atoms with van der Waals surface area (Å²) in [5.74, 6) is 0. The lowest BCUT2D eigenvalue weighted by Crippen LogP contribution is -2.05. The van der Waals surface area contributed by atoms with Crippen LogP contribution >= 0.6 is 0 Å². The van der Waals surface area contributed by atoms with Crippen molar-refractivity contribution in [3.63, 3.8) is 0 Å². The van der Waals surface area contributed by atoms with Crippen LogP contribution in [0.1, 0.15) is 29.8 Å². The standard InChI is InChI=1S/C12H16N4/c1-8-5-4-6-12(9(8)2)16-7-11(10(3)13)14-15-16/h4-7,10H,13H2,1-3H3. The van der Waals surface area contributed by atoms with Gasteiger partial charge in [-0.15, -0.1) is 5.10 Å². The number of aromatic nitrogens is 3. The Morgan fingerprint density at radius 2 is 2.06 bits per heavy atom. The second-order valence-corrected chi connectivity index (χ2v) is 4.10. The molecule has 0 amide bonds. The Labute approximate surface area is 95.1 Å². The summed E-state index contributed by atoms with van der Waals surface area (Å²) in [5, 5.41) is 8.15. The van der Waals surface area contributed by atoms with Gasteiger partial charge < -0.3 is 5.73 Å². The van der Waals surface area contributed by atoms with E-state index >= 15 is 0 Å². The van der Waals surface area contributed by atoms with Gasteiger partial charge in [0.25, 0.3) is 0 Å². The molecular formula is C12H16N4. The minimum absolute atomic E-state index is 0.0844. The van der Waals surface area contributed by atoms with Crippen molar-refractivity contribution in [2.75, 3.05) is 0 Å². The molecule has 0 radical (unpaired) electrons. The molecule has 2 aromatic rings. The lowest BCUT2D eigenvalue weighted by Gasteiger charge is -2.07. The zero-order valence-corrected chi connectivity index (χ0v) is 9.81. The van der Waals surface area contributed by atoms with Gasteiger partial charge in [0.1, 0.15) is 0 Å². The van der Waals surface area contributed by atoms with Gasteiger partial charge in [-0.3, -0.25) is 0 Å². The van der Waals surface area contributed by atoms with E-state index in [9.17, 15) is 0 Å². The molecule has 0 saturated heterocycles. The van der Waals surface area contributed by atoms with Crippen molar-refractivity contribution >= 4 is 0 Å². The fraction of sp³-hybridized carbons (Fsp3) is 0.333. The summed E-state index contributed by atoms with van der Waals surface area (Å²) in [4.78, 5) is 0. The van der Waals surface area contributed by atoms with Gasteiger partial charge in [0.05, 0.1) is 17.6 Å². The van der Waals surface area contributed by atoms with Crippen LogP contribution < -0.4 is 5.73 Å². The van der Waals surface area contributed by atoms with Crippen molar-refractivity contribution in [2.45, 2.75) is 26.8 Å². The van der Waals surface area contributed by atoms with Gasteiger partial charge in [0.2, 0.25) is 0 Å². The predicted octanol–water partition coefficient (Wildman–Crippen LogP) is 1.90.